The number of halogens is 3. The van der Waals surface area contributed by atoms with Crippen molar-refractivity contribution in [2.24, 2.45) is 5.92 Å². The summed E-state index contributed by atoms with van der Waals surface area (Å²) in [7, 11) is 0. The first kappa shape index (κ1) is 20.5. The van der Waals surface area contributed by atoms with Crippen molar-refractivity contribution in [2.75, 3.05) is 0 Å². The van der Waals surface area contributed by atoms with E-state index in [0.29, 0.717) is 48.9 Å². The van der Waals surface area contributed by atoms with Crippen molar-refractivity contribution < 1.29 is 18.0 Å². The highest BCUT2D eigenvalue weighted by Crippen LogP contribution is 2.48. The zero-order chi connectivity index (χ0) is 22.2. The summed E-state index contributed by atoms with van der Waals surface area (Å²) in [5.74, 6) is -1.57. The van der Waals surface area contributed by atoms with Crippen LogP contribution in [0.4, 0.5) is 13.2 Å². The topological polar surface area (TPSA) is 63.6 Å². The molecule has 0 spiro atoms. The molecule has 1 fully saturated rings. The molecular weight excluding hydrogens is 417 g/mol. The van der Waals surface area contributed by atoms with Crippen molar-refractivity contribution in [3.05, 3.63) is 72.1 Å². The molecule has 5 rings (SSSR count). The average Bonchev–Trinajstić information content (AvgIpc) is 3.36. The average molecular weight is 438 g/mol. The molecule has 32 heavy (non-hydrogen) atoms. The van der Waals surface area contributed by atoms with Gasteiger partial charge in [-0.3, -0.25) is 9.48 Å². The maximum atomic E-state index is 14.5. The summed E-state index contributed by atoms with van der Waals surface area (Å²) in [6, 6.07) is 8.07. The number of nitrogens with one attached hydrogen (secondary N) is 1. The molecule has 0 radical (unpaired) electrons. The van der Waals surface area contributed by atoms with E-state index in [1.165, 1.54) is 24.5 Å². The van der Waals surface area contributed by atoms with E-state index in [2.05, 4.69) is 15.1 Å². The Kier molecular flexibility index (Phi) is 5.28. The summed E-state index contributed by atoms with van der Waals surface area (Å²) in [6.07, 6.45) is 5.48. The number of hydrogen-bond acceptors (Lipinski definition) is 3. The third-order valence-electron chi connectivity index (χ3n) is 6.28. The lowest BCUT2D eigenvalue weighted by Gasteiger charge is -2.35. The molecule has 1 aliphatic rings. The van der Waals surface area contributed by atoms with Crippen molar-refractivity contribution in [1.82, 2.24) is 19.7 Å². The van der Waals surface area contributed by atoms with Crippen LogP contribution in [0.15, 0.2) is 49.1 Å². The maximum absolute atomic E-state index is 14.5. The Balaban J connectivity index is 1.37. The number of aryl methyl sites for hydroxylation is 1. The Morgan fingerprint density at radius 2 is 1.88 bits per heavy atom. The second kappa shape index (κ2) is 8.26. The lowest BCUT2D eigenvalue weighted by atomic mass is 9.68. The van der Waals surface area contributed by atoms with Gasteiger partial charge in [-0.05, 0) is 66.6 Å². The van der Waals surface area contributed by atoms with E-state index in [9.17, 15) is 18.0 Å². The fourth-order valence-electron chi connectivity index (χ4n) is 4.59. The van der Waals surface area contributed by atoms with E-state index in [-0.39, 0.29) is 29.0 Å². The number of aromatic nitrogens is 4. The van der Waals surface area contributed by atoms with Crippen LogP contribution in [-0.4, -0.2) is 25.5 Å². The predicted octanol–water partition coefficient (Wildman–Crippen LogP) is 5.39. The summed E-state index contributed by atoms with van der Waals surface area (Å²) in [6.45, 7) is 0.637. The molecule has 0 unspecified atom stereocenters. The van der Waals surface area contributed by atoms with Gasteiger partial charge in [0.15, 0.2) is 0 Å². The van der Waals surface area contributed by atoms with E-state index in [4.69, 9.17) is 0 Å². The molecule has 0 bridgehead atoms. The molecule has 2 aromatic carbocycles. The number of rotatable bonds is 7. The highest BCUT2D eigenvalue weighted by atomic mass is 19.1. The summed E-state index contributed by atoms with van der Waals surface area (Å²) >= 11 is 0. The van der Waals surface area contributed by atoms with Crippen molar-refractivity contribution in [3.63, 3.8) is 0 Å². The largest absolute Gasteiger partial charge is 0.352 e. The van der Waals surface area contributed by atoms with E-state index in [1.807, 2.05) is 0 Å². The van der Waals surface area contributed by atoms with Gasteiger partial charge in [-0.1, -0.05) is 0 Å². The minimum atomic E-state index is -0.672. The standard InChI is InChI=1S/C24H21F3N4O/c25-17-5-3-14(4-6-17)23-22(19-10-18(26)11-20(27)24(19)30-23)16-8-15(9-16)21(32)2-1-7-31-13-28-12-29-31/h3-6,10-13,15-16,30H,1-2,7-9H2. The first-order chi connectivity index (χ1) is 15.5. The first-order valence-corrected chi connectivity index (χ1v) is 10.6. The lowest BCUT2D eigenvalue weighted by molar-refractivity contribution is -0.125. The van der Waals surface area contributed by atoms with Crippen LogP contribution in [0.25, 0.3) is 22.2 Å². The number of ketones is 1. The molecule has 1 saturated carbocycles. The minimum absolute atomic E-state index is 0.00531. The Labute approximate surface area is 182 Å². The number of fused-ring (bicyclic) bond motifs is 1. The molecule has 164 valence electrons. The normalized spacial score (nSPS) is 18.1. The van der Waals surface area contributed by atoms with E-state index in [0.717, 1.165) is 11.6 Å². The van der Waals surface area contributed by atoms with Crippen LogP contribution in [0, 0.1) is 23.4 Å². The second-order valence-corrected chi connectivity index (χ2v) is 8.32. The van der Waals surface area contributed by atoms with Gasteiger partial charge in [0.2, 0.25) is 0 Å². The second-order valence-electron chi connectivity index (χ2n) is 8.32. The third-order valence-corrected chi connectivity index (χ3v) is 6.28. The van der Waals surface area contributed by atoms with Crippen LogP contribution in [0.5, 0.6) is 0 Å². The number of aromatic amines is 1. The Hall–Kier alpha value is -3.42. The van der Waals surface area contributed by atoms with Gasteiger partial charge in [-0.15, -0.1) is 0 Å². The molecule has 4 aromatic rings. The van der Waals surface area contributed by atoms with Gasteiger partial charge in [0, 0.05) is 30.3 Å². The molecule has 1 N–H and O–H groups in total. The quantitative estimate of drug-likeness (QED) is 0.421. The number of benzene rings is 2. The van der Waals surface area contributed by atoms with E-state index in [1.54, 1.807) is 23.1 Å². The van der Waals surface area contributed by atoms with Gasteiger partial charge in [0.05, 0.1) is 11.2 Å². The summed E-state index contributed by atoms with van der Waals surface area (Å²) < 4.78 is 43.6. The van der Waals surface area contributed by atoms with Crippen LogP contribution in [0.1, 0.15) is 37.2 Å². The summed E-state index contributed by atoms with van der Waals surface area (Å²) in [5, 5.41) is 4.51. The number of Topliss-reactive ketones (excluding diaryl/α,β-unsaturated/α-hetero) is 1. The van der Waals surface area contributed by atoms with Gasteiger partial charge in [-0.2, -0.15) is 5.10 Å². The van der Waals surface area contributed by atoms with Crippen LogP contribution in [0.2, 0.25) is 0 Å². The van der Waals surface area contributed by atoms with E-state index < -0.39 is 11.6 Å². The highest BCUT2D eigenvalue weighted by Gasteiger charge is 2.38. The summed E-state index contributed by atoms with van der Waals surface area (Å²) in [4.78, 5) is 19.6. The Morgan fingerprint density at radius 1 is 1.09 bits per heavy atom. The minimum Gasteiger partial charge on any atom is -0.352 e. The van der Waals surface area contributed by atoms with Crippen LogP contribution < -0.4 is 0 Å². The molecule has 0 atom stereocenters. The number of carbonyl (C=O) groups excluding carboxylic acids is 1. The van der Waals surface area contributed by atoms with E-state index >= 15 is 0 Å². The van der Waals surface area contributed by atoms with Gasteiger partial charge >= 0.3 is 0 Å². The monoisotopic (exact) mass is 438 g/mol. The molecule has 0 aliphatic heterocycles. The van der Waals surface area contributed by atoms with Gasteiger partial charge in [-0.25, -0.2) is 18.2 Å². The maximum Gasteiger partial charge on any atom is 0.150 e. The van der Waals surface area contributed by atoms with Crippen molar-refractivity contribution in [2.45, 2.75) is 38.1 Å². The van der Waals surface area contributed by atoms with Crippen LogP contribution in [0.3, 0.4) is 0 Å². The number of nitrogens with zero attached hydrogens (tertiary/aromatic N) is 3. The molecule has 0 amide bonds. The fraction of sp³-hybridized carbons (Fsp3) is 0.292. The predicted molar refractivity (Wildman–Crippen MR) is 113 cm³/mol. The van der Waals surface area contributed by atoms with Crippen molar-refractivity contribution >= 4 is 16.7 Å². The molecule has 2 heterocycles. The Morgan fingerprint density at radius 3 is 2.59 bits per heavy atom. The molecule has 1 aliphatic carbocycles. The van der Waals surface area contributed by atoms with Gasteiger partial charge < -0.3 is 4.98 Å². The smallest absolute Gasteiger partial charge is 0.150 e. The fourth-order valence-corrected chi connectivity index (χ4v) is 4.59. The van der Waals surface area contributed by atoms with Crippen LogP contribution >= 0.6 is 0 Å². The molecule has 5 nitrogen and oxygen atoms in total. The number of carbonyl (C=O) groups is 1. The zero-order valence-corrected chi connectivity index (χ0v) is 17.2. The molecule has 2 aromatic heterocycles. The zero-order valence-electron chi connectivity index (χ0n) is 17.2. The highest BCUT2D eigenvalue weighted by molar-refractivity contribution is 5.92. The SMILES string of the molecule is O=C(CCCn1cncn1)C1CC(c2c(-c3ccc(F)cc3)[nH]c3c(F)cc(F)cc23)C1. The number of H-pyrrole nitrogens is 1. The van der Waals surface area contributed by atoms with Crippen molar-refractivity contribution in [1.29, 1.82) is 0 Å². The third kappa shape index (κ3) is 3.81. The Bertz CT molecular complexity index is 1260. The van der Waals surface area contributed by atoms with Crippen molar-refractivity contribution in [3.8, 4) is 11.3 Å². The van der Waals surface area contributed by atoms with Gasteiger partial charge in [0.1, 0.15) is 35.9 Å². The van der Waals surface area contributed by atoms with Gasteiger partial charge in [0.25, 0.3) is 0 Å². The lowest BCUT2D eigenvalue weighted by Crippen LogP contribution is -2.29. The first-order valence-electron chi connectivity index (χ1n) is 10.6. The molecular formula is C24H21F3N4O. The number of hydrogen-bond donors (Lipinski definition) is 1. The molecule has 0 saturated heterocycles. The molecule has 8 heteroatoms. The van der Waals surface area contributed by atoms with Crippen LogP contribution in [-0.2, 0) is 11.3 Å². The summed E-state index contributed by atoms with van der Waals surface area (Å²) in [5.41, 5.74) is 2.35.